The summed E-state index contributed by atoms with van der Waals surface area (Å²) in [4.78, 5) is 13.0. The number of aliphatic hydroxyl groups is 1. The molecule has 106 valence electrons. The maximum absolute atomic E-state index is 9.84. The van der Waals surface area contributed by atoms with Gasteiger partial charge in [-0.25, -0.2) is 9.97 Å². The number of hydrogen-bond donors (Lipinski definition) is 2. The van der Waals surface area contributed by atoms with E-state index < -0.39 is 5.60 Å². The van der Waals surface area contributed by atoms with Crippen LogP contribution in [0.3, 0.4) is 0 Å². The van der Waals surface area contributed by atoms with Crippen molar-refractivity contribution in [3.63, 3.8) is 0 Å². The number of hydrogen-bond acceptors (Lipinski definition) is 6. The minimum Gasteiger partial charge on any atom is -0.389 e. The summed E-state index contributed by atoms with van der Waals surface area (Å²) in [6.45, 7) is 8.16. The van der Waals surface area contributed by atoms with Crippen molar-refractivity contribution in [1.29, 1.82) is 0 Å². The largest absolute Gasteiger partial charge is 0.389 e. The second-order valence-electron chi connectivity index (χ2n) is 5.59. The van der Waals surface area contributed by atoms with Gasteiger partial charge in [0.15, 0.2) is 0 Å². The lowest BCUT2D eigenvalue weighted by molar-refractivity contribution is 0.0344. The van der Waals surface area contributed by atoms with Crippen LogP contribution in [0.25, 0.3) is 0 Å². The highest BCUT2D eigenvalue weighted by molar-refractivity contribution is 5.48. The molecule has 0 atom stereocenters. The monoisotopic (exact) mass is 265 g/mol. The van der Waals surface area contributed by atoms with Crippen LogP contribution in [0.4, 0.5) is 11.6 Å². The van der Waals surface area contributed by atoms with Crippen LogP contribution >= 0.6 is 0 Å². The van der Waals surface area contributed by atoms with Gasteiger partial charge >= 0.3 is 0 Å². The summed E-state index contributed by atoms with van der Waals surface area (Å²) in [5, 5.41) is 12.9. The second kappa shape index (κ2) is 5.71. The lowest BCUT2D eigenvalue weighted by Crippen LogP contribution is -2.50. The molecular formula is C13H23N5O. The van der Waals surface area contributed by atoms with Crippen molar-refractivity contribution >= 4 is 11.6 Å². The van der Waals surface area contributed by atoms with Crippen molar-refractivity contribution in [2.45, 2.75) is 19.4 Å². The fourth-order valence-electron chi connectivity index (χ4n) is 2.34. The lowest BCUT2D eigenvalue weighted by atomic mass is 10.1. The Morgan fingerprint density at radius 2 is 1.95 bits per heavy atom. The van der Waals surface area contributed by atoms with E-state index in [0.29, 0.717) is 6.54 Å². The first kappa shape index (κ1) is 14.0. The maximum atomic E-state index is 9.84. The van der Waals surface area contributed by atoms with Gasteiger partial charge in [0.2, 0.25) is 0 Å². The number of nitrogens with zero attached hydrogens (tertiary/aromatic N) is 4. The van der Waals surface area contributed by atoms with E-state index in [0.717, 1.165) is 37.8 Å². The molecule has 1 saturated heterocycles. The van der Waals surface area contributed by atoms with Crippen molar-refractivity contribution in [3.05, 3.63) is 12.4 Å². The van der Waals surface area contributed by atoms with E-state index in [-0.39, 0.29) is 0 Å². The molecule has 2 rings (SSSR count). The molecule has 0 amide bonds. The second-order valence-corrected chi connectivity index (χ2v) is 5.59. The number of rotatable bonds is 4. The minimum absolute atomic E-state index is 0.629. The number of piperazine rings is 1. The Kier molecular flexibility index (Phi) is 4.21. The molecule has 19 heavy (non-hydrogen) atoms. The summed E-state index contributed by atoms with van der Waals surface area (Å²) >= 11 is 0. The lowest BCUT2D eigenvalue weighted by Gasteiger charge is -2.37. The average molecular weight is 265 g/mol. The van der Waals surface area contributed by atoms with Gasteiger partial charge in [-0.05, 0) is 13.8 Å². The molecule has 2 heterocycles. The molecule has 6 heteroatoms. The average Bonchev–Trinajstić information content (AvgIpc) is 2.38. The molecule has 1 aliphatic rings. The highest BCUT2D eigenvalue weighted by atomic mass is 16.3. The van der Waals surface area contributed by atoms with Gasteiger partial charge in [0, 0.05) is 45.8 Å². The van der Waals surface area contributed by atoms with E-state index in [1.165, 1.54) is 0 Å². The fraction of sp³-hybridized carbons (Fsp3) is 0.692. The molecule has 0 aromatic carbocycles. The van der Waals surface area contributed by atoms with E-state index in [4.69, 9.17) is 0 Å². The van der Waals surface area contributed by atoms with Crippen LogP contribution < -0.4 is 10.2 Å². The summed E-state index contributed by atoms with van der Waals surface area (Å²) in [6.07, 6.45) is 1.59. The van der Waals surface area contributed by atoms with E-state index in [2.05, 4.69) is 25.1 Å². The van der Waals surface area contributed by atoms with Crippen LogP contribution in [-0.4, -0.2) is 65.3 Å². The topological polar surface area (TPSA) is 64.5 Å². The molecule has 0 bridgehead atoms. The molecular weight excluding hydrogens is 242 g/mol. The first-order valence-corrected chi connectivity index (χ1v) is 6.67. The molecule has 2 N–H and O–H groups in total. The van der Waals surface area contributed by atoms with E-state index in [9.17, 15) is 5.11 Å². The molecule has 0 saturated carbocycles. The van der Waals surface area contributed by atoms with Crippen molar-refractivity contribution in [2.24, 2.45) is 0 Å². The zero-order valence-corrected chi connectivity index (χ0v) is 11.9. The first-order chi connectivity index (χ1) is 8.98. The van der Waals surface area contributed by atoms with Crippen LogP contribution in [0.5, 0.6) is 0 Å². The number of β-amino-alcohol motifs (C(OH)–C–C–N with tert-alkyl or cyclic N) is 1. The van der Waals surface area contributed by atoms with Crippen molar-refractivity contribution < 1.29 is 5.11 Å². The maximum Gasteiger partial charge on any atom is 0.134 e. The predicted octanol–water partition coefficient (Wildman–Crippen LogP) is 0.411. The molecule has 1 aliphatic heterocycles. The Morgan fingerprint density at radius 1 is 1.26 bits per heavy atom. The SMILES string of the molecule is CNc1cc(N2CCN(CC(C)(C)O)CC2)ncn1. The summed E-state index contributed by atoms with van der Waals surface area (Å²) in [7, 11) is 1.85. The van der Waals surface area contributed by atoms with Gasteiger partial charge in [-0.15, -0.1) is 0 Å². The highest BCUT2D eigenvalue weighted by Crippen LogP contribution is 2.16. The first-order valence-electron chi connectivity index (χ1n) is 6.67. The minimum atomic E-state index is -0.629. The van der Waals surface area contributed by atoms with Crippen LogP contribution in [-0.2, 0) is 0 Å². The predicted molar refractivity (Wildman–Crippen MR) is 76.5 cm³/mol. The van der Waals surface area contributed by atoms with Gasteiger partial charge in [0.25, 0.3) is 0 Å². The van der Waals surface area contributed by atoms with Crippen LogP contribution in [0.1, 0.15) is 13.8 Å². The van der Waals surface area contributed by atoms with E-state index >= 15 is 0 Å². The van der Waals surface area contributed by atoms with Gasteiger partial charge in [0.1, 0.15) is 18.0 Å². The van der Waals surface area contributed by atoms with E-state index in [1.807, 2.05) is 27.0 Å². The Hall–Kier alpha value is -1.40. The number of aromatic nitrogens is 2. The molecule has 1 aromatic heterocycles. The Bertz CT molecular complexity index is 410. The van der Waals surface area contributed by atoms with Crippen LogP contribution in [0, 0.1) is 0 Å². The smallest absolute Gasteiger partial charge is 0.134 e. The van der Waals surface area contributed by atoms with Gasteiger partial charge in [0.05, 0.1) is 5.60 Å². The summed E-state index contributed by atoms with van der Waals surface area (Å²) in [6, 6.07) is 1.96. The van der Waals surface area contributed by atoms with Crippen molar-refractivity contribution in [2.75, 3.05) is 50.0 Å². The number of anilines is 2. The Balaban J connectivity index is 1.92. The summed E-state index contributed by atoms with van der Waals surface area (Å²) in [5.74, 6) is 1.80. The van der Waals surface area contributed by atoms with Crippen LogP contribution in [0.15, 0.2) is 12.4 Å². The summed E-state index contributed by atoms with van der Waals surface area (Å²) in [5.41, 5.74) is -0.629. The molecule has 0 aliphatic carbocycles. The Morgan fingerprint density at radius 3 is 2.53 bits per heavy atom. The summed E-state index contributed by atoms with van der Waals surface area (Å²) < 4.78 is 0. The van der Waals surface area contributed by atoms with Gasteiger partial charge in [-0.2, -0.15) is 0 Å². The Labute approximate surface area is 114 Å². The third-order valence-corrected chi connectivity index (χ3v) is 3.22. The quantitative estimate of drug-likeness (QED) is 0.822. The van der Waals surface area contributed by atoms with Gasteiger partial charge in [-0.3, -0.25) is 4.90 Å². The van der Waals surface area contributed by atoms with Gasteiger partial charge in [-0.1, -0.05) is 0 Å². The molecule has 1 fully saturated rings. The normalized spacial score (nSPS) is 17.6. The molecule has 0 radical (unpaired) electrons. The molecule has 0 spiro atoms. The number of nitrogens with one attached hydrogen (secondary N) is 1. The molecule has 6 nitrogen and oxygen atoms in total. The van der Waals surface area contributed by atoms with E-state index in [1.54, 1.807) is 6.33 Å². The van der Waals surface area contributed by atoms with Crippen molar-refractivity contribution in [1.82, 2.24) is 14.9 Å². The highest BCUT2D eigenvalue weighted by Gasteiger charge is 2.23. The van der Waals surface area contributed by atoms with Crippen LogP contribution in [0.2, 0.25) is 0 Å². The van der Waals surface area contributed by atoms with Gasteiger partial charge < -0.3 is 15.3 Å². The molecule has 0 unspecified atom stereocenters. The van der Waals surface area contributed by atoms with Crippen molar-refractivity contribution in [3.8, 4) is 0 Å². The zero-order valence-electron chi connectivity index (χ0n) is 11.9. The fourth-order valence-corrected chi connectivity index (χ4v) is 2.34. The standard InChI is InChI=1S/C13H23N5O/c1-13(2,19)9-17-4-6-18(7-5-17)12-8-11(14-3)15-10-16-12/h8,10,19H,4-7,9H2,1-3H3,(H,14,15,16). The zero-order chi connectivity index (χ0) is 13.9. The third kappa shape index (κ3) is 4.04. The molecule has 1 aromatic rings. The third-order valence-electron chi connectivity index (χ3n) is 3.22.